The van der Waals surface area contributed by atoms with Gasteiger partial charge in [0, 0.05) is 12.6 Å². The van der Waals surface area contributed by atoms with Crippen LogP contribution in [-0.4, -0.2) is 42.7 Å². The van der Waals surface area contributed by atoms with Gasteiger partial charge in [0.2, 0.25) is 5.91 Å². The van der Waals surface area contributed by atoms with Crippen LogP contribution in [0.3, 0.4) is 0 Å². The van der Waals surface area contributed by atoms with Crippen LogP contribution in [0.5, 0.6) is 0 Å². The second-order valence-corrected chi connectivity index (χ2v) is 3.95. The molecule has 4 nitrogen and oxygen atoms in total. The molecule has 1 N–H and O–H groups in total. The predicted molar refractivity (Wildman–Crippen MR) is 53.9 cm³/mol. The number of carbonyl (C=O) groups is 1. The van der Waals surface area contributed by atoms with Crippen molar-refractivity contribution in [3.8, 4) is 6.07 Å². The topological polar surface area (TPSA) is 56.1 Å². The van der Waals surface area contributed by atoms with Gasteiger partial charge in [0.05, 0.1) is 25.6 Å². The summed E-state index contributed by atoms with van der Waals surface area (Å²) < 4.78 is 35.6. The largest absolute Gasteiger partial charge is 0.401 e. The van der Waals surface area contributed by atoms with Crippen molar-refractivity contribution in [1.29, 1.82) is 5.26 Å². The Hall–Kier alpha value is -1.29. The summed E-state index contributed by atoms with van der Waals surface area (Å²) in [5, 5.41) is 10.5. The van der Waals surface area contributed by atoms with Gasteiger partial charge in [-0.15, -0.1) is 0 Å². The van der Waals surface area contributed by atoms with E-state index >= 15 is 0 Å². The Morgan fingerprint density at radius 2 is 2.12 bits per heavy atom. The van der Waals surface area contributed by atoms with Crippen LogP contribution >= 0.6 is 0 Å². The highest BCUT2D eigenvalue weighted by Gasteiger charge is 2.32. The highest BCUT2D eigenvalue weighted by Crippen LogP contribution is 2.26. The van der Waals surface area contributed by atoms with Gasteiger partial charge in [-0.2, -0.15) is 18.4 Å². The van der Waals surface area contributed by atoms with Crippen LogP contribution in [0.15, 0.2) is 0 Å². The lowest BCUT2D eigenvalue weighted by Crippen LogP contribution is -2.42. The summed E-state index contributed by atoms with van der Waals surface area (Å²) in [7, 11) is 0. The Labute approximate surface area is 97.4 Å². The van der Waals surface area contributed by atoms with E-state index in [0.717, 1.165) is 12.8 Å². The fourth-order valence-corrected chi connectivity index (χ4v) is 1.48. The first-order valence-corrected chi connectivity index (χ1v) is 5.38. The van der Waals surface area contributed by atoms with Crippen LogP contribution in [-0.2, 0) is 4.79 Å². The van der Waals surface area contributed by atoms with Crippen molar-refractivity contribution >= 4 is 5.91 Å². The smallest absolute Gasteiger partial charge is 0.338 e. The van der Waals surface area contributed by atoms with Gasteiger partial charge in [-0.3, -0.25) is 4.79 Å². The number of carbonyl (C=O) groups excluding carboxylic acids is 1. The molecule has 0 aliphatic heterocycles. The van der Waals surface area contributed by atoms with E-state index in [2.05, 4.69) is 5.32 Å². The molecule has 1 aliphatic carbocycles. The number of alkyl halides is 3. The molecule has 0 unspecified atom stereocenters. The third-order valence-corrected chi connectivity index (χ3v) is 2.37. The lowest BCUT2D eigenvalue weighted by atomic mass is 10.3. The molecule has 0 saturated heterocycles. The van der Waals surface area contributed by atoms with Crippen molar-refractivity contribution < 1.29 is 18.0 Å². The second-order valence-electron chi connectivity index (χ2n) is 3.95. The molecule has 0 bridgehead atoms. The molecule has 7 heteroatoms. The SMILES string of the molecule is N#CCCN(C(=O)CNCC(F)(F)F)C1CC1. The number of hydrogen-bond acceptors (Lipinski definition) is 3. The van der Waals surface area contributed by atoms with Crippen molar-refractivity contribution in [3.63, 3.8) is 0 Å². The summed E-state index contributed by atoms with van der Waals surface area (Å²) >= 11 is 0. The van der Waals surface area contributed by atoms with Gasteiger partial charge in [0.25, 0.3) is 0 Å². The lowest BCUT2D eigenvalue weighted by molar-refractivity contribution is -0.134. The van der Waals surface area contributed by atoms with Crippen LogP contribution in [0.1, 0.15) is 19.3 Å². The summed E-state index contributed by atoms with van der Waals surface area (Å²) in [5.74, 6) is -0.369. The van der Waals surface area contributed by atoms with Crippen molar-refractivity contribution in [1.82, 2.24) is 10.2 Å². The van der Waals surface area contributed by atoms with Gasteiger partial charge < -0.3 is 10.2 Å². The normalized spacial score (nSPS) is 15.4. The Kier molecular flexibility index (Phi) is 4.75. The maximum atomic E-state index is 11.9. The molecule has 0 aromatic carbocycles. The lowest BCUT2D eigenvalue weighted by Gasteiger charge is -2.21. The monoisotopic (exact) mass is 249 g/mol. The van der Waals surface area contributed by atoms with Crippen LogP contribution in [0.25, 0.3) is 0 Å². The maximum Gasteiger partial charge on any atom is 0.401 e. The first-order valence-electron chi connectivity index (χ1n) is 5.38. The number of nitrogens with zero attached hydrogens (tertiary/aromatic N) is 2. The standard InChI is InChI=1S/C10H14F3N3O/c11-10(12,13)7-15-6-9(17)16(5-1-4-14)8-2-3-8/h8,15H,1-3,5-7H2. The van der Waals surface area contributed by atoms with Crippen LogP contribution in [0, 0.1) is 11.3 Å². The molecule has 1 aliphatic rings. The van der Waals surface area contributed by atoms with Crippen molar-refractivity contribution in [2.24, 2.45) is 0 Å². The number of nitrogens with one attached hydrogen (secondary N) is 1. The molecule has 0 radical (unpaired) electrons. The van der Waals surface area contributed by atoms with Crippen LogP contribution < -0.4 is 5.32 Å². The molecule has 0 aromatic rings. The van der Waals surface area contributed by atoms with Gasteiger partial charge in [-0.1, -0.05) is 0 Å². The highest BCUT2D eigenvalue weighted by molar-refractivity contribution is 5.79. The fraction of sp³-hybridized carbons (Fsp3) is 0.800. The number of nitriles is 1. The summed E-state index contributed by atoms with van der Waals surface area (Å²) in [6.45, 7) is -1.20. The van der Waals surface area contributed by atoms with Crippen molar-refractivity contribution in [3.05, 3.63) is 0 Å². The Bertz CT molecular complexity index is 307. The Balaban J connectivity index is 2.30. The zero-order chi connectivity index (χ0) is 12.9. The molecule has 0 aromatic heterocycles. The van der Waals surface area contributed by atoms with E-state index in [1.54, 1.807) is 0 Å². The summed E-state index contributed by atoms with van der Waals surface area (Å²) in [6.07, 6.45) is -2.36. The third-order valence-electron chi connectivity index (χ3n) is 2.37. The minimum Gasteiger partial charge on any atom is -0.338 e. The van der Waals surface area contributed by atoms with Gasteiger partial charge in [0.15, 0.2) is 0 Å². The fourth-order valence-electron chi connectivity index (χ4n) is 1.48. The molecule has 17 heavy (non-hydrogen) atoms. The molecule has 1 fully saturated rings. The van der Waals surface area contributed by atoms with E-state index in [9.17, 15) is 18.0 Å². The summed E-state index contributed by atoms with van der Waals surface area (Å²) in [5.41, 5.74) is 0. The molecule has 0 heterocycles. The Morgan fingerprint density at radius 3 is 2.59 bits per heavy atom. The molecule has 0 atom stereocenters. The Morgan fingerprint density at radius 1 is 1.47 bits per heavy atom. The van der Waals surface area contributed by atoms with Gasteiger partial charge in [-0.05, 0) is 12.8 Å². The predicted octanol–water partition coefficient (Wildman–Crippen LogP) is 1.04. The quantitative estimate of drug-likeness (QED) is 0.765. The zero-order valence-electron chi connectivity index (χ0n) is 9.26. The molecular formula is C10H14F3N3O. The maximum absolute atomic E-state index is 11.9. The zero-order valence-corrected chi connectivity index (χ0v) is 9.26. The van der Waals surface area contributed by atoms with E-state index in [4.69, 9.17) is 5.26 Å². The van der Waals surface area contributed by atoms with Crippen molar-refractivity contribution in [2.75, 3.05) is 19.6 Å². The van der Waals surface area contributed by atoms with E-state index in [0.29, 0.717) is 6.54 Å². The van der Waals surface area contributed by atoms with Crippen LogP contribution in [0.4, 0.5) is 13.2 Å². The van der Waals surface area contributed by atoms with E-state index in [-0.39, 0.29) is 24.9 Å². The molecule has 1 amide bonds. The van der Waals surface area contributed by atoms with E-state index < -0.39 is 12.7 Å². The van der Waals surface area contributed by atoms with Crippen LogP contribution in [0.2, 0.25) is 0 Å². The third kappa shape index (κ3) is 5.54. The van der Waals surface area contributed by atoms with Gasteiger partial charge in [-0.25, -0.2) is 0 Å². The summed E-state index contributed by atoms with van der Waals surface area (Å²) in [4.78, 5) is 13.1. The molecule has 1 saturated carbocycles. The van der Waals surface area contributed by atoms with E-state index in [1.807, 2.05) is 6.07 Å². The molecule has 1 rings (SSSR count). The minimum atomic E-state index is -4.31. The summed E-state index contributed by atoms with van der Waals surface area (Å²) in [6, 6.07) is 2.04. The van der Waals surface area contributed by atoms with E-state index in [1.165, 1.54) is 4.90 Å². The first-order chi connectivity index (χ1) is 7.94. The first kappa shape index (κ1) is 13.8. The number of hydrogen-bond donors (Lipinski definition) is 1. The number of amides is 1. The number of halogens is 3. The molecule has 96 valence electrons. The molecule has 0 spiro atoms. The molecular weight excluding hydrogens is 235 g/mol. The minimum absolute atomic E-state index is 0.114. The van der Waals surface area contributed by atoms with Gasteiger partial charge >= 0.3 is 6.18 Å². The highest BCUT2D eigenvalue weighted by atomic mass is 19.4. The number of rotatable bonds is 6. The second kappa shape index (κ2) is 5.87. The van der Waals surface area contributed by atoms with Gasteiger partial charge in [0.1, 0.15) is 0 Å². The average molecular weight is 249 g/mol. The average Bonchev–Trinajstić information content (AvgIpc) is 3.00. The van der Waals surface area contributed by atoms with Crippen molar-refractivity contribution in [2.45, 2.75) is 31.5 Å².